The second-order valence-corrected chi connectivity index (χ2v) is 6.70. The van der Waals surface area contributed by atoms with Crippen LogP contribution in [0.2, 0.25) is 0 Å². The van der Waals surface area contributed by atoms with Crippen LogP contribution in [0.25, 0.3) is 0 Å². The van der Waals surface area contributed by atoms with Crippen LogP contribution >= 0.6 is 0 Å². The number of rotatable bonds is 8. The standard InChI is InChI=1S/C22H26N2O4/c1-27-20-10-8-17(9-11-20)21(25)6-3-7-22(26)23-18-4-2-5-19(16-18)24-12-14-28-15-13-24/h2,4-5,8-11,16H,3,6-7,12-15H2,1H3,(H,23,26). The van der Waals surface area contributed by atoms with Crippen molar-refractivity contribution in [3.63, 3.8) is 0 Å². The molecule has 0 radical (unpaired) electrons. The third kappa shape index (κ3) is 5.57. The van der Waals surface area contributed by atoms with E-state index in [1.807, 2.05) is 24.3 Å². The molecule has 1 amide bonds. The summed E-state index contributed by atoms with van der Waals surface area (Å²) in [7, 11) is 1.59. The van der Waals surface area contributed by atoms with Gasteiger partial charge in [0.1, 0.15) is 5.75 Å². The number of amides is 1. The van der Waals surface area contributed by atoms with Gasteiger partial charge in [-0.2, -0.15) is 0 Å². The van der Waals surface area contributed by atoms with E-state index in [1.54, 1.807) is 31.4 Å². The number of carbonyl (C=O) groups excluding carboxylic acids is 2. The first kappa shape index (κ1) is 19.9. The van der Waals surface area contributed by atoms with Crippen molar-refractivity contribution in [2.24, 2.45) is 0 Å². The lowest BCUT2D eigenvalue weighted by Crippen LogP contribution is -2.36. The quantitative estimate of drug-likeness (QED) is 0.708. The van der Waals surface area contributed by atoms with Crippen molar-refractivity contribution in [1.29, 1.82) is 0 Å². The SMILES string of the molecule is COc1ccc(C(=O)CCCC(=O)Nc2cccc(N3CCOCC3)c2)cc1. The van der Waals surface area contributed by atoms with Gasteiger partial charge in [-0.05, 0) is 48.9 Å². The second kappa shape index (κ2) is 9.90. The zero-order chi connectivity index (χ0) is 19.8. The normalized spacial score (nSPS) is 13.8. The molecule has 2 aromatic rings. The van der Waals surface area contributed by atoms with Gasteiger partial charge in [0.05, 0.1) is 20.3 Å². The van der Waals surface area contributed by atoms with Gasteiger partial charge < -0.3 is 19.7 Å². The van der Waals surface area contributed by atoms with E-state index in [4.69, 9.17) is 9.47 Å². The van der Waals surface area contributed by atoms with Crippen LogP contribution in [0.5, 0.6) is 5.75 Å². The van der Waals surface area contributed by atoms with E-state index >= 15 is 0 Å². The minimum atomic E-state index is -0.0818. The molecule has 0 aliphatic carbocycles. The summed E-state index contributed by atoms with van der Waals surface area (Å²) < 4.78 is 10.5. The fourth-order valence-corrected chi connectivity index (χ4v) is 3.16. The highest BCUT2D eigenvalue weighted by Gasteiger charge is 2.12. The molecule has 0 saturated carbocycles. The van der Waals surface area contributed by atoms with E-state index < -0.39 is 0 Å². The average Bonchev–Trinajstić information content (AvgIpc) is 2.74. The lowest BCUT2D eigenvalue weighted by atomic mass is 10.1. The number of anilines is 2. The van der Waals surface area contributed by atoms with Crippen LogP contribution in [-0.2, 0) is 9.53 Å². The molecule has 3 rings (SSSR count). The van der Waals surface area contributed by atoms with Crippen molar-refractivity contribution < 1.29 is 19.1 Å². The molecular weight excluding hydrogens is 356 g/mol. The lowest BCUT2D eigenvalue weighted by Gasteiger charge is -2.29. The molecule has 0 unspecified atom stereocenters. The van der Waals surface area contributed by atoms with Gasteiger partial charge in [-0.25, -0.2) is 0 Å². The summed E-state index contributed by atoms with van der Waals surface area (Å²) in [6.45, 7) is 3.15. The van der Waals surface area contributed by atoms with Crippen molar-refractivity contribution in [2.45, 2.75) is 19.3 Å². The second-order valence-electron chi connectivity index (χ2n) is 6.70. The molecule has 0 bridgehead atoms. The predicted molar refractivity (Wildman–Crippen MR) is 109 cm³/mol. The molecule has 6 nitrogen and oxygen atoms in total. The van der Waals surface area contributed by atoms with Gasteiger partial charge in [-0.1, -0.05) is 6.07 Å². The van der Waals surface area contributed by atoms with E-state index in [0.717, 1.165) is 43.4 Å². The molecular formula is C22H26N2O4. The minimum Gasteiger partial charge on any atom is -0.497 e. The van der Waals surface area contributed by atoms with Gasteiger partial charge in [0.15, 0.2) is 5.78 Å². The summed E-state index contributed by atoms with van der Waals surface area (Å²) in [5, 5.41) is 2.93. The molecule has 1 saturated heterocycles. The van der Waals surface area contributed by atoms with Crippen LogP contribution in [0, 0.1) is 0 Å². The minimum absolute atomic E-state index is 0.0322. The van der Waals surface area contributed by atoms with Gasteiger partial charge >= 0.3 is 0 Å². The van der Waals surface area contributed by atoms with Crippen molar-refractivity contribution in [1.82, 2.24) is 0 Å². The van der Waals surface area contributed by atoms with E-state index in [-0.39, 0.29) is 11.7 Å². The molecule has 1 aliphatic heterocycles. The molecule has 1 heterocycles. The Hall–Kier alpha value is -2.86. The van der Waals surface area contributed by atoms with Gasteiger partial charge in [0.2, 0.25) is 5.91 Å². The molecule has 0 atom stereocenters. The summed E-state index contributed by atoms with van der Waals surface area (Å²) in [5.41, 5.74) is 2.49. The molecule has 0 spiro atoms. The number of benzene rings is 2. The zero-order valence-corrected chi connectivity index (χ0v) is 16.1. The van der Waals surface area contributed by atoms with Gasteiger partial charge in [-0.3, -0.25) is 9.59 Å². The summed E-state index contributed by atoms with van der Waals surface area (Å²) in [4.78, 5) is 26.7. The molecule has 1 fully saturated rings. The lowest BCUT2D eigenvalue weighted by molar-refractivity contribution is -0.116. The fourth-order valence-electron chi connectivity index (χ4n) is 3.16. The number of nitrogens with zero attached hydrogens (tertiary/aromatic N) is 1. The highest BCUT2D eigenvalue weighted by Crippen LogP contribution is 2.21. The molecule has 6 heteroatoms. The molecule has 2 aromatic carbocycles. The number of carbonyl (C=O) groups is 2. The Morgan fingerprint density at radius 3 is 2.54 bits per heavy atom. The number of morpholine rings is 1. The summed E-state index contributed by atoms with van der Waals surface area (Å²) in [6, 6.07) is 14.9. The Balaban J connectivity index is 1.45. The Kier molecular flexibility index (Phi) is 7.03. The third-order valence-electron chi connectivity index (χ3n) is 4.73. The van der Waals surface area contributed by atoms with Crippen LogP contribution < -0.4 is 15.0 Å². The Labute approximate surface area is 165 Å². The average molecular weight is 382 g/mol. The van der Waals surface area contributed by atoms with Crippen LogP contribution in [0.4, 0.5) is 11.4 Å². The van der Waals surface area contributed by atoms with Gasteiger partial charge in [0, 0.05) is 42.9 Å². The van der Waals surface area contributed by atoms with Gasteiger partial charge in [0.25, 0.3) is 0 Å². The summed E-state index contributed by atoms with van der Waals surface area (Å²) in [6.07, 6.45) is 1.16. The zero-order valence-electron chi connectivity index (χ0n) is 16.1. The number of hydrogen-bond acceptors (Lipinski definition) is 5. The van der Waals surface area contributed by atoms with Crippen molar-refractivity contribution in [3.05, 3.63) is 54.1 Å². The molecule has 0 aromatic heterocycles. The van der Waals surface area contributed by atoms with Crippen molar-refractivity contribution in [2.75, 3.05) is 43.6 Å². The highest BCUT2D eigenvalue weighted by atomic mass is 16.5. The largest absolute Gasteiger partial charge is 0.497 e. The Morgan fingerprint density at radius 1 is 1.07 bits per heavy atom. The first-order chi connectivity index (χ1) is 13.7. The molecule has 28 heavy (non-hydrogen) atoms. The first-order valence-electron chi connectivity index (χ1n) is 9.55. The number of nitrogens with one attached hydrogen (secondary N) is 1. The highest BCUT2D eigenvalue weighted by molar-refractivity contribution is 5.97. The maximum Gasteiger partial charge on any atom is 0.224 e. The Morgan fingerprint density at radius 2 is 1.82 bits per heavy atom. The maximum absolute atomic E-state index is 12.2. The number of ketones is 1. The number of hydrogen-bond donors (Lipinski definition) is 1. The van der Waals surface area contributed by atoms with E-state index in [0.29, 0.717) is 24.8 Å². The molecule has 1 N–H and O–H groups in total. The number of ether oxygens (including phenoxy) is 2. The van der Waals surface area contributed by atoms with Crippen LogP contribution in [0.3, 0.4) is 0 Å². The fraction of sp³-hybridized carbons (Fsp3) is 0.364. The third-order valence-corrected chi connectivity index (χ3v) is 4.73. The van der Waals surface area contributed by atoms with Crippen LogP contribution in [0.1, 0.15) is 29.6 Å². The van der Waals surface area contributed by atoms with Crippen molar-refractivity contribution >= 4 is 23.1 Å². The summed E-state index contributed by atoms with van der Waals surface area (Å²) in [5.74, 6) is 0.668. The van der Waals surface area contributed by atoms with Crippen molar-refractivity contribution in [3.8, 4) is 5.75 Å². The smallest absolute Gasteiger partial charge is 0.224 e. The first-order valence-corrected chi connectivity index (χ1v) is 9.55. The monoisotopic (exact) mass is 382 g/mol. The van der Waals surface area contributed by atoms with E-state index in [1.165, 1.54) is 0 Å². The van der Waals surface area contributed by atoms with Crippen LogP contribution in [0.15, 0.2) is 48.5 Å². The maximum atomic E-state index is 12.2. The predicted octanol–water partition coefficient (Wildman–Crippen LogP) is 3.52. The van der Waals surface area contributed by atoms with Crippen LogP contribution in [-0.4, -0.2) is 45.1 Å². The Bertz CT molecular complexity index is 798. The van der Waals surface area contributed by atoms with E-state index in [9.17, 15) is 9.59 Å². The van der Waals surface area contributed by atoms with Gasteiger partial charge in [-0.15, -0.1) is 0 Å². The molecule has 1 aliphatic rings. The van der Waals surface area contributed by atoms with E-state index in [2.05, 4.69) is 10.2 Å². The number of Topliss-reactive ketones (excluding diaryl/α,β-unsaturated/α-hetero) is 1. The molecule has 148 valence electrons. The summed E-state index contributed by atoms with van der Waals surface area (Å²) >= 11 is 0. The number of methoxy groups -OCH3 is 1. The topological polar surface area (TPSA) is 67.9 Å².